The third-order valence-corrected chi connectivity index (χ3v) is 5.25. The zero-order valence-electron chi connectivity index (χ0n) is 14.9. The number of carbonyl (C=O) groups excluding carboxylic acids is 1. The van der Waals surface area contributed by atoms with Crippen molar-refractivity contribution in [1.82, 2.24) is 15.2 Å². The molecule has 0 spiro atoms. The van der Waals surface area contributed by atoms with E-state index in [1.165, 1.54) is 11.8 Å². The Labute approximate surface area is 160 Å². The summed E-state index contributed by atoms with van der Waals surface area (Å²) in [4.78, 5) is 17.5. The van der Waals surface area contributed by atoms with E-state index in [9.17, 15) is 4.79 Å². The summed E-state index contributed by atoms with van der Waals surface area (Å²) in [5.41, 5.74) is 2.71. The smallest absolute Gasteiger partial charge is 0.277 e. The average Bonchev–Trinajstić information content (AvgIpc) is 3.34. The summed E-state index contributed by atoms with van der Waals surface area (Å²) in [5.74, 6) is 0.407. The van der Waals surface area contributed by atoms with Crippen molar-refractivity contribution in [1.29, 1.82) is 0 Å². The fourth-order valence-corrected chi connectivity index (χ4v) is 3.64. The zero-order valence-corrected chi connectivity index (χ0v) is 15.7. The predicted octanol–water partition coefficient (Wildman–Crippen LogP) is 4.36. The summed E-state index contributed by atoms with van der Waals surface area (Å²) < 4.78 is 5.79. The fraction of sp³-hybridized carbons (Fsp3) is 0.150. The van der Waals surface area contributed by atoms with Crippen molar-refractivity contribution in [3.63, 3.8) is 0 Å². The number of fused-ring (bicyclic) bond motifs is 1. The molecule has 0 saturated carbocycles. The Kier molecular flexibility index (Phi) is 4.68. The minimum Gasteiger partial charge on any atom is -0.411 e. The van der Waals surface area contributed by atoms with E-state index in [1.54, 1.807) is 11.9 Å². The maximum absolute atomic E-state index is 12.7. The zero-order chi connectivity index (χ0) is 18.8. The van der Waals surface area contributed by atoms with Gasteiger partial charge in [0.05, 0.1) is 10.8 Å². The topological polar surface area (TPSA) is 75.0 Å². The molecular weight excluding hydrogens is 360 g/mol. The van der Waals surface area contributed by atoms with E-state index in [0.717, 1.165) is 22.2 Å². The first kappa shape index (κ1) is 17.4. The van der Waals surface area contributed by atoms with Gasteiger partial charge in [-0.3, -0.25) is 4.79 Å². The van der Waals surface area contributed by atoms with E-state index in [0.29, 0.717) is 11.1 Å². The molecule has 0 aliphatic heterocycles. The number of anilines is 1. The van der Waals surface area contributed by atoms with Gasteiger partial charge in [0, 0.05) is 29.8 Å². The number of nitrogens with zero attached hydrogens (tertiary/aromatic N) is 3. The van der Waals surface area contributed by atoms with Crippen LogP contribution in [-0.4, -0.2) is 33.4 Å². The second-order valence-electron chi connectivity index (χ2n) is 6.11. The van der Waals surface area contributed by atoms with Crippen LogP contribution in [0.3, 0.4) is 0 Å². The Hall–Kier alpha value is -3.06. The molecule has 2 aromatic carbocycles. The molecule has 0 saturated heterocycles. The lowest BCUT2D eigenvalue weighted by molar-refractivity contribution is -0.117. The van der Waals surface area contributed by atoms with Crippen LogP contribution in [-0.2, 0) is 4.79 Å². The highest BCUT2D eigenvalue weighted by Gasteiger charge is 2.23. The molecule has 0 bridgehead atoms. The van der Waals surface area contributed by atoms with E-state index in [1.807, 2.05) is 67.7 Å². The van der Waals surface area contributed by atoms with Crippen LogP contribution in [0.5, 0.6) is 0 Å². The van der Waals surface area contributed by atoms with Crippen LogP contribution in [0, 0.1) is 0 Å². The highest BCUT2D eigenvalue weighted by atomic mass is 32.2. The SMILES string of the molecule is CC(Sc1nnc(-c2c[nH]c3ccccc23)o1)C(=O)N(C)c1ccccc1. The normalized spacial score (nSPS) is 12.2. The van der Waals surface area contributed by atoms with E-state index in [4.69, 9.17) is 4.42 Å². The summed E-state index contributed by atoms with van der Waals surface area (Å²) in [6, 6.07) is 17.5. The van der Waals surface area contributed by atoms with Crippen LogP contribution in [0.2, 0.25) is 0 Å². The minimum absolute atomic E-state index is 0.0296. The van der Waals surface area contributed by atoms with Crippen LogP contribution in [0.1, 0.15) is 6.92 Å². The number of thioether (sulfide) groups is 1. The van der Waals surface area contributed by atoms with Gasteiger partial charge >= 0.3 is 0 Å². The first-order chi connectivity index (χ1) is 13.1. The van der Waals surface area contributed by atoms with Gasteiger partial charge in [-0.15, -0.1) is 10.2 Å². The van der Waals surface area contributed by atoms with Gasteiger partial charge in [0.1, 0.15) is 0 Å². The quantitative estimate of drug-likeness (QED) is 0.522. The number of aromatic amines is 1. The number of hydrogen-bond donors (Lipinski definition) is 1. The van der Waals surface area contributed by atoms with Crippen molar-refractivity contribution in [2.45, 2.75) is 17.4 Å². The summed E-state index contributed by atoms with van der Waals surface area (Å²) in [6.07, 6.45) is 1.85. The largest absolute Gasteiger partial charge is 0.411 e. The number of para-hydroxylation sites is 2. The molecule has 0 fully saturated rings. The van der Waals surface area contributed by atoms with E-state index in [2.05, 4.69) is 15.2 Å². The maximum atomic E-state index is 12.7. The number of rotatable bonds is 5. The Morgan fingerprint density at radius 1 is 1.11 bits per heavy atom. The highest BCUT2D eigenvalue weighted by molar-refractivity contribution is 8.00. The molecular formula is C20H18N4O2S. The number of benzene rings is 2. The monoisotopic (exact) mass is 378 g/mol. The average molecular weight is 378 g/mol. The summed E-state index contributed by atoms with van der Waals surface area (Å²) in [5, 5.41) is 9.27. The number of carbonyl (C=O) groups is 1. The number of hydrogen-bond acceptors (Lipinski definition) is 5. The lowest BCUT2D eigenvalue weighted by atomic mass is 10.2. The summed E-state index contributed by atoms with van der Waals surface area (Å²) in [6.45, 7) is 1.84. The predicted molar refractivity (Wildman–Crippen MR) is 107 cm³/mol. The number of H-pyrrole nitrogens is 1. The standard InChI is InChI=1S/C20H18N4O2S/c1-13(19(25)24(2)14-8-4-3-5-9-14)27-20-23-22-18(26-20)16-12-21-17-11-7-6-10-15(16)17/h3-13,21H,1-2H3. The molecule has 1 atom stereocenters. The molecule has 1 unspecified atom stereocenters. The third kappa shape index (κ3) is 3.46. The van der Waals surface area contributed by atoms with Crippen LogP contribution in [0.15, 0.2) is 70.4 Å². The minimum atomic E-state index is -0.355. The van der Waals surface area contributed by atoms with Gasteiger partial charge in [-0.2, -0.15) is 0 Å². The second kappa shape index (κ2) is 7.28. The molecule has 2 heterocycles. The van der Waals surface area contributed by atoms with Gasteiger partial charge in [0.2, 0.25) is 5.91 Å². The maximum Gasteiger partial charge on any atom is 0.277 e. The first-order valence-corrected chi connectivity index (χ1v) is 9.40. The number of aromatic nitrogens is 3. The molecule has 6 nitrogen and oxygen atoms in total. The molecule has 0 aliphatic rings. The Morgan fingerprint density at radius 2 is 1.85 bits per heavy atom. The van der Waals surface area contributed by atoms with Gasteiger partial charge in [-0.25, -0.2) is 0 Å². The molecule has 7 heteroatoms. The van der Waals surface area contributed by atoms with Crippen LogP contribution in [0.25, 0.3) is 22.4 Å². The molecule has 0 aliphatic carbocycles. The third-order valence-electron chi connectivity index (χ3n) is 4.33. The van der Waals surface area contributed by atoms with E-state index < -0.39 is 0 Å². The van der Waals surface area contributed by atoms with Crippen molar-refractivity contribution >= 4 is 34.3 Å². The molecule has 27 heavy (non-hydrogen) atoms. The fourth-order valence-electron chi connectivity index (χ4n) is 2.87. The van der Waals surface area contributed by atoms with Gasteiger partial charge in [0.25, 0.3) is 11.1 Å². The number of amides is 1. The van der Waals surface area contributed by atoms with Crippen LogP contribution >= 0.6 is 11.8 Å². The molecule has 1 amide bonds. The van der Waals surface area contributed by atoms with Gasteiger partial charge in [-0.1, -0.05) is 48.2 Å². The Morgan fingerprint density at radius 3 is 2.67 bits per heavy atom. The van der Waals surface area contributed by atoms with E-state index >= 15 is 0 Å². The van der Waals surface area contributed by atoms with Crippen LogP contribution < -0.4 is 4.90 Å². The molecule has 4 aromatic rings. The van der Waals surface area contributed by atoms with Gasteiger partial charge < -0.3 is 14.3 Å². The molecule has 0 radical (unpaired) electrons. The molecule has 1 N–H and O–H groups in total. The lowest BCUT2D eigenvalue weighted by Gasteiger charge is -2.20. The first-order valence-electron chi connectivity index (χ1n) is 8.53. The molecule has 2 aromatic heterocycles. The summed E-state index contributed by atoms with van der Waals surface area (Å²) >= 11 is 1.26. The summed E-state index contributed by atoms with van der Waals surface area (Å²) in [7, 11) is 1.76. The van der Waals surface area contributed by atoms with Crippen molar-refractivity contribution in [2.75, 3.05) is 11.9 Å². The Bertz CT molecular complexity index is 1070. The molecule has 136 valence electrons. The number of nitrogens with one attached hydrogen (secondary N) is 1. The van der Waals surface area contributed by atoms with Crippen molar-refractivity contribution in [2.24, 2.45) is 0 Å². The van der Waals surface area contributed by atoms with Crippen molar-refractivity contribution in [3.8, 4) is 11.5 Å². The molecule has 4 rings (SSSR count). The van der Waals surface area contributed by atoms with Gasteiger partial charge in [-0.05, 0) is 25.1 Å². The second-order valence-corrected chi connectivity index (χ2v) is 7.41. The van der Waals surface area contributed by atoms with Crippen molar-refractivity contribution < 1.29 is 9.21 Å². The highest BCUT2D eigenvalue weighted by Crippen LogP contribution is 2.31. The van der Waals surface area contributed by atoms with Crippen LogP contribution in [0.4, 0.5) is 5.69 Å². The van der Waals surface area contributed by atoms with Gasteiger partial charge in [0.15, 0.2) is 0 Å². The lowest BCUT2D eigenvalue weighted by Crippen LogP contribution is -2.33. The van der Waals surface area contributed by atoms with Crippen molar-refractivity contribution in [3.05, 3.63) is 60.8 Å². The Balaban J connectivity index is 1.50. The van der Waals surface area contributed by atoms with E-state index in [-0.39, 0.29) is 11.2 Å².